The van der Waals surface area contributed by atoms with Crippen LogP contribution >= 0.6 is 0 Å². The number of hydrogen-bond donors (Lipinski definition) is 0. The molecule has 0 bridgehead atoms. The van der Waals surface area contributed by atoms with Gasteiger partial charge in [0.25, 0.3) is 0 Å². The van der Waals surface area contributed by atoms with Gasteiger partial charge in [-0.1, -0.05) is 83.1 Å². The predicted octanol–water partition coefficient (Wildman–Crippen LogP) is 7.89. The van der Waals surface area contributed by atoms with E-state index in [0.29, 0.717) is 28.8 Å². The molecule has 0 N–H and O–H groups in total. The number of aromatic nitrogens is 2. The fraction of sp³-hybridized carbons (Fsp3) is 0.450. The highest BCUT2D eigenvalue weighted by Crippen LogP contribution is 2.52. The number of carbonyl (C=O) groups excluding carboxylic acids is 3. The second-order valence-corrected chi connectivity index (χ2v) is 27.0. The van der Waals surface area contributed by atoms with Crippen LogP contribution in [0.15, 0.2) is 104 Å². The lowest BCUT2D eigenvalue weighted by Gasteiger charge is -2.59. The quantitative estimate of drug-likeness (QED) is 0.0618. The summed E-state index contributed by atoms with van der Waals surface area (Å²) in [5.41, 5.74) is 4.77. The van der Waals surface area contributed by atoms with Crippen molar-refractivity contribution in [1.29, 1.82) is 0 Å². The fourth-order valence-electron chi connectivity index (χ4n) is 14.3. The molecule has 2 amide bonds. The average Bonchev–Trinajstić information content (AvgIpc) is 1.98. The van der Waals surface area contributed by atoms with Crippen LogP contribution in [0.1, 0.15) is 79.3 Å². The zero-order valence-electron chi connectivity index (χ0n) is 48.4. The summed E-state index contributed by atoms with van der Waals surface area (Å²) >= 11 is 0. The molecule has 18 nitrogen and oxygen atoms in total. The van der Waals surface area contributed by atoms with E-state index in [-0.39, 0.29) is 103 Å². The standard InChI is InChI=1S/C60H71F3N8O10S2/c1-37-19-21-41(5)51(29-37)70(53-33-68(31-49(53)47-17-13-11-15-39(47)3)82(75,76)55-43(7)64-80-45(55)9)26-24-67(25-27-70)57(73)59(79-58(74)60(61,62)63)35-66(36-72)23-28-71(59,52-30-38(2)20-22-42(52)6)54-34-69(32-50(54)48-18-14-12-16-40(48)4)83(77,78)56-44(8)65-81-46(56)10/h11-22,29-30,36,49-50,53-54H,23-28,31-35H2,1-10H3/q+2/t49-,50-,53+,54+,59?,71+/m1/s1. The van der Waals surface area contributed by atoms with E-state index in [1.54, 1.807) is 45.9 Å². The van der Waals surface area contributed by atoms with Gasteiger partial charge >= 0.3 is 23.8 Å². The van der Waals surface area contributed by atoms with Gasteiger partial charge in [-0.15, -0.1) is 0 Å². The third-order valence-electron chi connectivity index (χ3n) is 18.3. The average molecular weight is 1190 g/mol. The normalized spacial score (nSPS) is 24.5. The molecular weight excluding hydrogens is 1110 g/mol. The number of amides is 2. The first-order valence-corrected chi connectivity index (χ1v) is 30.7. The summed E-state index contributed by atoms with van der Waals surface area (Å²) in [5.74, 6) is -4.80. The lowest BCUT2D eigenvalue weighted by molar-refractivity contribution is -0.242. The van der Waals surface area contributed by atoms with E-state index in [1.807, 2.05) is 88.4 Å². The van der Waals surface area contributed by atoms with E-state index in [9.17, 15) is 18.0 Å². The Morgan fingerprint density at radius 3 is 1.57 bits per heavy atom. The molecule has 4 aliphatic heterocycles. The van der Waals surface area contributed by atoms with Crippen LogP contribution in [-0.2, 0) is 39.2 Å². The number of quaternary nitrogens is 2. The number of sulfonamides is 2. The highest BCUT2D eigenvalue weighted by Gasteiger charge is 2.73. The van der Waals surface area contributed by atoms with Crippen LogP contribution in [0.2, 0.25) is 0 Å². The van der Waals surface area contributed by atoms with E-state index in [2.05, 4.69) is 16.4 Å². The number of ether oxygens (including phenoxy) is 1. The van der Waals surface area contributed by atoms with Crippen LogP contribution in [0.5, 0.6) is 0 Å². The van der Waals surface area contributed by atoms with Crippen LogP contribution in [-0.4, -0.2) is 160 Å². The Morgan fingerprint density at radius 2 is 1.10 bits per heavy atom. The van der Waals surface area contributed by atoms with Crippen molar-refractivity contribution in [2.45, 2.75) is 115 Å². The number of benzene rings is 4. The Hall–Kier alpha value is -6.76. The summed E-state index contributed by atoms with van der Waals surface area (Å²) in [4.78, 5) is 46.9. The summed E-state index contributed by atoms with van der Waals surface area (Å²) in [6, 6.07) is 24.8. The van der Waals surface area contributed by atoms with E-state index >= 15 is 26.4 Å². The van der Waals surface area contributed by atoms with Crippen molar-refractivity contribution in [3.63, 3.8) is 0 Å². The molecule has 4 fully saturated rings. The molecule has 10 rings (SSSR count). The molecule has 23 heteroatoms. The number of carbonyl (C=O) groups is 3. The van der Waals surface area contributed by atoms with Crippen molar-refractivity contribution in [3.8, 4) is 0 Å². The Kier molecular flexibility index (Phi) is 15.5. The van der Waals surface area contributed by atoms with Gasteiger partial charge in [0.1, 0.15) is 70.8 Å². The number of hydrogen-bond acceptors (Lipinski definition) is 12. The Balaban J connectivity index is 1.18. The lowest BCUT2D eigenvalue weighted by Crippen LogP contribution is -2.85. The van der Waals surface area contributed by atoms with Gasteiger partial charge in [-0.05, 0) is 103 Å². The number of rotatable bonds is 13. The van der Waals surface area contributed by atoms with Gasteiger partial charge in [0.05, 0.1) is 44.6 Å². The monoisotopic (exact) mass is 1180 g/mol. The topological polar surface area (TPSA) is 194 Å². The second kappa shape index (κ2) is 21.7. The molecule has 6 aromatic rings. The minimum atomic E-state index is -5.66. The highest BCUT2D eigenvalue weighted by atomic mass is 32.2. The fourth-order valence-corrected chi connectivity index (χ4v) is 17.9. The van der Waals surface area contributed by atoms with Crippen molar-refractivity contribution in [2.75, 3.05) is 72.0 Å². The molecule has 4 aliphatic rings. The van der Waals surface area contributed by atoms with Gasteiger partial charge in [-0.3, -0.25) is 14.1 Å². The molecule has 83 heavy (non-hydrogen) atoms. The highest BCUT2D eigenvalue weighted by molar-refractivity contribution is 7.89. The minimum Gasteiger partial charge on any atom is -0.392 e. The first-order valence-electron chi connectivity index (χ1n) is 27.8. The van der Waals surface area contributed by atoms with Crippen LogP contribution in [0.3, 0.4) is 0 Å². The maximum atomic E-state index is 17.0. The zero-order chi connectivity index (χ0) is 59.9. The van der Waals surface area contributed by atoms with Gasteiger partial charge in [0.2, 0.25) is 26.5 Å². The lowest BCUT2D eigenvalue weighted by atomic mass is 9.83. The molecule has 2 aromatic heterocycles. The Labute approximate surface area is 482 Å². The van der Waals surface area contributed by atoms with E-state index in [1.165, 1.54) is 27.4 Å². The molecular formula is C60H71F3N8O10S2+2. The van der Waals surface area contributed by atoms with Crippen LogP contribution in [0, 0.1) is 69.2 Å². The molecule has 0 spiro atoms. The number of halogens is 3. The van der Waals surface area contributed by atoms with Gasteiger partial charge in [0.15, 0.2) is 11.5 Å². The smallest absolute Gasteiger partial charge is 0.392 e. The molecule has 442 valence electrons. The SMILES string of the molecule is Cc1ccc(C)c([N+]2([C@H]3CN(S(=O)(=O)c4c(C)noc4C)C[C@@H]3c3ccccc3C)CCN(C(=O)C3(OC(=O)C(F)(F)F)CN(C=O)CC[N@+]3(c3cc(C)ccc3C)[C@H]3CN(S(=O)(=O)c4c(C)noc4C)C[C@@H]3c3ccccc3C)CC2)c1. The predicted molar refractivity (Wildman–Crippen MR) is 304 cm³/mol. The minimum absolute atomic E-state index is 0.0206. The van der Waals surface area contributed by atoms with E-state index in [0.717, 1.165) is 38.4 Å². The maximum absolute atomic E-state index is 17.0. The van der Waals surface area contributed by atoms with Gasteiger partial charge in [-0.2, -0.15) is 21.8 Å². The van der Waals surface area contributed by atoms with E-state index < -0.39 is 78.8 Å². The van der Waals surface area contributed by atoms with Crippen molar-refractivity contribution < 1.29 is 58.2 Å². The number of nitrogens with zero attached hydrogens (tertiary/aromatic N) is 8. The molecule has 4 saturated heterocycles. The molecule has 0 radical (unpaired) electrons. The molecule has 0 aliphatic carbocycles. The van der Waals surface area contributed by atoms with Gasteiger partial charge in [-0.25, -0.2) is 26.1 Å². The van der Waals surface area contributed by atoms with Crippen molar-refractivity contribution >= 4 is 49.7 Å². The summed E-state index contributed by atoms with van der Waals surface area (Å²) in [6.07, 6.45) is -5.23. The van der Waals surface area contributed by atoms with Gasteiger partial charge < -0.3 is 23.6 Å². The first-order chi connectivity index (χ1) is 39.1. The molecule has 6 heterocycles. The summed E-state index contributed by atoms with van der Waals surface area (Å²) in [6.45, 7) is 15.6. The summed E-state index contributed by atoms with van der Waals surface area (Å²) in [5, 5.41) is 7.94. The Morgan fingerprint density at radius 1 is 0.627 bits per heavy atom. The maximum Gasteiger partial charge on any atom is 0.491 e. The Bertz CT molecular complexity index is 3730. The second-order valence-electron chi connectivity index (χ2n) is 23.2. The third kappa shape index (κ3) is 9.87. The van der Waals surface area contributed by atoms with Crippen molar-refractivity contribution in [3.05, 3.63) is 152 Å². The summed E-state index contributed by atoms with van der Waals surface area (Å²) in [7, 11) is -8.72. The summed E-state index contributed by atoms with van der Waals surface area (Å²) < 4.78 is 125. The number of alkyl halides is 3. The first kappa shape index (κ1) is 59.4. The molecule has 4 aromatic carbocycles. The van der Waals surface area contributed by atoms with E-state index in [4.69, 9.17) is 13.8 Å². The number of piperazine rings is 2. The number of aryl methyl sites for hydroxylation is 10. The van der Waals surface area contributed by atoms with Gasteiger partial charge in [0, 0.05) is 36.3 Å². The number of esters is 1. The van der Waals surface area contributed by atoms with Crippen LogP contribution in [0.4, 0.5) is 24.5 Å². The molecule has 1 unspecified atom stereocenters. The van der Waals surface area contributed by atoms with Crippen molar-refractivity contribution in [1.82, 2.24) is 37.7 Å². The molecule has 6 atom stereocenters. The largest absolute Gasteiger partial charge is 0.491 e. The van der Waals surface area contributed by atoms with Crippen LogP contribution in [0.25, 0.3) is 0 Å². The van der Waals surface area contributed by atoms with Crippen molar-refractivity contribution in [2.24, 2.45) is 0 Å². The zero-order valence-corrected chi connectivity index (χ0v) is 50.0. The third-order valence-corrected chi connectivity index (χ3v) is 22.4. The molecule has 0 saturated carbocycles. The van der Waals surface area contributed by atoms with Crippen LogP contribution < -0.4 is 8.97 Å².